The van der Waals surface area contributed by atoms with Gasteiger partial charge in [0.2, 0.25) is 11.5 Å². The maximum absolute atomic E-state index is 13.1. The van der Waals surface area contributed by atoms with Crippen LogP contribution in [0.25, 0.3) is 33.5 Å². The molecule has 0 saturated heterocycles. The van der Waals surface area contributed by atoms with Gasteiger partial charge in [0.25, 0.3) is 5.91 Å². The number of carbonyl (C=O) groups excluding carboxylic acids is 1. The van der Waals surface area contributed by atoms with E-state index in [1.165, 1.54) is 18.4 Å². The van der Waals surface area contributed by atoms with Gasteiger partial charge >= 0.3 is 0 Å². The molecule has 0 atom stereocenters. The first-order valence-electron chi connectivity index (χ1n) is 14.8. The van der Waals surface area contributed by atoms with Crippen molar-refractivity contribution in [1.29, 1.82) is 0 Å². The van der Waals surface area contributed by atoms with Crippen LogP contribution in [0, 0.1) is 0 Å². The summed E-state index contributed by atoms with van der Waals surface area (Å²) in [5.74, 6) is 2.63. The number of ether oxygens (including phenoxy) is 6. The van der Waals surface area contributed by atoms with Crippen LogP contribution in [-0.4, -0.2) is 65.1 Å². The number of aromatic nitrogens is 2. The monoisotopic (exact) mass is 613 g/mol. The molecule has 1 aliphatic carbocycles. The van der Waals surface area contributed by atoms with E-state index in [2.05, 4.69) is 11.4 Å². The number of hydrogen-bond donors (Lipinski definition) is 1. The van der Waals surface area contributed by atoms with E-state index >= 15 is 0 Å². The van der Waals surface area contributed by atoms with E-state index in [-0.39, 0.29) is 5.91 Å². The van der Waals surface area contributed by atoms with Crippen molar-refractivity contribution < 1.29 is 33.2 Å². The van der Waals surface area contributed by atoms with Gasteiger partial charge in [0.15, 0.2) is 23.0 Å². The fraction of sp³-hybridized carbons (Fsp3) is 0.343. The number of amides is 1. The molecular weight excluding hydrogens is 574 g/mol. The highest BCUT2D eigenvalue weighted by atomic mass is 16.5. The Morgan fingerprint density at radius 3 is 1.69 bits per heavy atom. The smallest absolute Gasteiger partial charge is 0.251 e. The molecule has 0 saturated carbocycles. The van der Waals surface area contributed by atoms with E-state index in [1.807, 2.05) is 24.3 Å². The summed E-state index contributed by atoms with van der Waals surface area (Å²) in [6, 6.07) is 12.6. The minimum Gasteiger partial charge on any atom is -0.493 e. The molecule has 1 heterocycles. The van der Waals surface area contributed by atoms with Gasteiger partial charge in [0.1, 0.15) is 0 Å². The molecule has 10 nitrogen and oxygen atoms in total. The second kappa shape index (κ2) is 14.2. The van der Waals surface area contributed by atoms with Crippen LogP contribution in [0.3, 0.4) is 0 Å². The molecule has 1 aliphatic rings. The Kier molecular flexibility index (Phi) is 9.92. The number of methoxy groups -OCH3 is 6. The molecule has 1 N–H and O–H groups in total. The molecular formula is C35H39N3O7. The first-order valence-corrected chi connectivity index (χ1v) is 14.8. The van der Waals surface area contributed by atoms with Gasteiger partial charge in [0, 0.05) is 23.2 Å². The molecule has 10 heteroatoms. The number of carbonyl (C=O) groups is 1. The van der Waals surface area contributed by atoms with Gasteiger partial charge in [-0.25, -0.2) is 9.97 Å². The van der Waals surface area contributed by atoms with Crippen molar-refractivity contribution in [2.75, 3.05) is 49.2 Å². The van der Waals surface area contributed by atoms with Crippen molar-refractivity contribution in [2.24, 2.45) is 0 Å². The van der Waals surface area contributed by atoms with E-state index in [1.54, 1.807) is 60.9 Å². The van der Waals surface area contributed by atoms with E-state index < -0.39 is 0 Å². The van der Waals surface area contributed by atoms with Crippen LogP contribution in [-0.2, 0) is 0 Å². The number of fused-ring (bicyclic) bond motifs is 1. The third-order valence-electron chi connectivity index (χ3n) is 7.92. The minimum absolute atomic E-state index is 0.154. The maximum atomic E-state index is 13.1. The Bertz CT molecular complexity index is 1680. The topological polar surface area (TPSA) is 110 Å². The molecule has 4 aromatic rings. The van der Waals surface area contributed by atoms with Gasteiger partial charge in [0.05, 0.1) is 65.1 Å². The average molecular weight is 614 g/mol. The van der Waals surface area contributed by atoms with Crippen LogP contribution in [0.5, 0.6) is 34.5 Å². The molecule has 1 aromatic heterocycles. The summed E-state index contributed by atoms with van der Waals surface area (Å²) in [5.41, 5.74) is 5.51. The number of benzene rings is 3. The highest BCUT2D eigenvalue weighted by molar-refractivity contribution is 5.98. The van der Waals surface area contributed by atoms with Crippen molar-refractivity contribution in [3.8, 4) is 57.0 Å². The fourth-order valence-electron chi connectivity index (χ4n) is 5.60. The van der Waals surface area contributed by atoms with E-state index in [9.17, 15) is 4.79 Å². The number of hydrogen-bond acceptors (Lipinski definition) is 9. The van der Waals surface area contributed by atoms with Gasteiger partial charge in [-0.3, -0.25) is 4.79 Å². The highest BCUT2D eigenvalue weighted by Crippen LogP contribution is 2.45. The van der Waals surface area contributed by atoms with E-state index in [4.69, 9.17) is 38.4 Å². The largest absolute Gasteiger partial charge is 0.493 e. The van der Waals surface area contributed by atoms with Crippen molar-refractivity contribution in [3.05, 3.63) is 59.7 Å². The third-order valence-corrected chi connectivity index (χ3v) is 7.92. The average Bonchev–Trinajstić information content (AvgIpc) is 3.09. The molecule has 3 aromatic carbocycles. The molecule has 0 aliphatic heterocycles. The van der Waals surface area contributed by atoms with Gasteiger partial charge in [-0.15, -0.1) is 0 Å². The molecule has 0 fully saturated rings. The van der Waals surface area contributed by atoms with Crippen LogP contribution in [0.1, 0.15) is 42.5 Å². The highest BCUT2D eigenvalue weighted by Gasteiger charge is 2.22. The second-order valence-electron chi connectivity index (χ2n) is 10.6. The molecule has 1 amide bonds. The van der Waals surface area contributed by atoms with Gasteiger partial charge in [-0.1, -0.05) is 11.6 Å². The third kappa shape index (κ3) is 6.60. The van der Waals surface area contributed by atoms with Gasteiger partial charge in [-0.05, 0) is 74.6 Å². The second-order valence-corrected chi connectivity index (χ2v) is 10.6. The van der Waals surface area contributed by atoms with Crippen molar-refractivity contribution in [2.45, 2.75) is 32.1 Å². The fourth-order valence-corrected chi connectivity index (χ4v) is 5.60. The molecule has 0 bridgehead atoms. The SMILES string of the molecule is COc1cc(-c2nc3ccc(C(=O)NCCC4=CCCCC4)cc3nc2-c2cc(OC)c(OC)c(OC)c2)cc(OC)c1OC. The Hall–Kier alpha value is -4.99. The summed E-state index contributed by atoms with van der Waals surface area (Å²) >= 11 is 0. The zero-order valence-electron chi connectivity index (χ0n) is 26.6. The van der Waals surface area contributed by atoms with Crippen LogP contribution < -0.4 is 33.7 Å². The number of nitrogens with one attached hydrogen (secondary N) is 1. The lowest BCUT2D eigenvalue weighted by atomic mass is 9.97. The van der Waals surface area contributed by atoms with Crippen molar-refractivity contribution >= 4 is 16.9 Å². The summed E-state index contributed by atoms with van der Waals surface area (Å²) in [5, 5.41) is 3.06. The van der Waals surface area contributed by atoms with Gasteiger partial charge in [-0.2, -0.15) is 0 Å². The Morgan fingerprint density at radius 1 is 0.689 bits per heavy atom. The molecule has 236 valence electrons. The Morgan fingerprint density at radius 2 is 1.22 bits per heavy atom. The molecule has 0 radical (unpaired) electrons. The van der Waals surface area contributed by atoms with E-state index in [0.717, 1.165) is 19.3 Å². The number of rotatable bonds is 12. The first kappa shape index (κ1) is 31.4. The number of allylic oxidation sites excluding steroid dienone is 1. The summed E-state index contributed by atoms with van der Waals surface area (Å²) in [7, 11) is 9.35. The lowest BCUT2D eigenvalue weighted by Gasteiger charge is -2.18. The molecule has 0 unspecified atom stereocenters. The summed E-state index contributed by atoms with van der Waals surface area (Å²) in [6.07, 6.45) is 7.86. The van der Waals surface area contributed by atoms with Crippen LogP contribution >= 0.6 is 0 Å². The summed E-state index contributed by atoms with van der Waals surface area (Å²) in [6.45, 7) is 0.588. The van der Waals surface area contributed by atoms with Crippen LogP contribution in [0.15, 0.2) is 54.1 Å². The zero-order chi connectivity index (χ0) is 31.9. The van der Waals surface area contributed by atoms with Crippen LogP contribution in [0.4, 0.5) is 0 Å². The van der Waals surface area contributed by atoms with Crippen molar-refractivity contribution in [1.82, 2.24) is 15.3 Å². The standard InChI is InChI=1S/C35H39N3O7/c1-40-27-17-23(18-28(41-2)33(27)44-5)31-32(24-19-29(42-3)34(45-6)30(20-24)43-4)38-26-16-22(12-13-25(26)37-31)35(39)36-15-14-21-10-8-7-9-11-21/h10,12-13,16-20H,7-9,11,14-15H2,1-6H3,(H,36,39). The predicted molar refractivity (Wildman–Crippen MR) is 173 cm³/mol. The Labute approximate surface area is 263 Å². The lowest BCUT2D eigenvalue weighted by molar-refractivity contribution is 0.0954. The molecule has 0 spiro atoms. The zero-order valence-corrected chi connectivity index (χ0v) is 26.6. The quantitative estimate of drug-likeness (QED) is 0.176. The van der Waals surface area contributed by atoms with Gasteiger partial charge < -0.3 is 33.7 Å². The van der Waals surface area contributed by atoms with Crippen LogP contribution in [0.2, 0.25) is 0 Å². The summed E-state index contributed by atoms with van der Waals surface area (Å²) < 4.78 is 33.6. The molecule has 45 heavy (non-hydrogen) atoms. The summed E-state index contributed by atoms with van der Waals surface area (Å²) in [4.78, 5) is 23.2. The predicted octanol–water partition coefficient (Wildman–Crippen LogP) is 6.64. The number of nitrogens with zero attached hydrogens (tertiary/aromatic N) is 2. The first-order chi connectivity index (χ1) is 21.9. The van der Waals surface area contributed by atoms with Crippen molar-refractivity contribution in [3.63, 3.8) is 0 Å². The molecule has 5 rings (SSSR count). The Balaban J connectivity index is 1.63. The van der Waals surface area contributed by atoms with E-state index in [0.29, 0.717) is 80.2 Å². The minimum atomic E-state index is -0.154. The maximum Gasteiger partial charge on any atom is 0.251 e. The normalized spacial score (nSPS) is 12.7. The lowest BCUT2D eigenvalue weighted by Crippen LogP contribution is -2.24.